The minimum atomic E-state index is -4.04. The first-order valence-electron chi connectivity index (χ1n) is 63.5. The van der Waals surface area contributed by atoms with Gasteiger partial charge in [-0.25, -0.2) is 14.4 Å². The lowest BCUT2D eigenvalue weighted by Crippen LogP contribution is -2.91. The van der Waals surface area contributed by atoms with E-state index in [0.717, 1.165) is 187 Å². The lowest BCUT2D eigenvalue weighted by Gasteiger charge is -2.60. The van der Waals surface area contributed by atoms with Crippen LogP contribution in [0.15, 0.2) is 146 Å². The van der Waals surface area contributed by atoms with E-state index in [1.807, 2.05) is 0 Å². The summed E-state index contributed by atoms with van der Waals surface area (Å²) in [6.07, 6.45) is 88.4. The molecule has 1 saturated carbocycles. The zero-order valence-electron chi connectivity index (χ0n) is 96.5. The molecule has 0 spiro atoms. The SMILES string of the molecule is CCCCCCCCCCCCCCCc1ccc(C(=O)O[C@@]2(C(=O)c3ccc(CCCCCCCCCCCCCCC)cc3)[C@@](OC(=O)c3ccc(CCCCCCCCCCCCCCC)cc3)(C(=O)c3ccc(CCCCCCCCCCCCCCC)cc3)[C@@H](O)[C@H](O)[C@@H](O)[C@@]2(OC(=O)c2ccc(CCCCCCCCCCCCCCC)cc2)C(=O)c2ccc(CCCCCCCCCCCCCCC)cc2)cc1. The topological polar surface area (TPSA) is 191 Å². The second-order valence-corrected chi connectivity index (χ2v) is 45.8. The van der Waals surface area contributed by atoms with E-state index in [2.05, 4.69) is 41.5 Å². The second-order valence-electron chi connectivity index (χ2n) is 45.8. The maximum Gasteiger partial charge on any atom is 0.339 e. The van der Waals surface area contributed by atoms with Crippen molar-refractivity contribution in [2.24, 2.45) is 0 Å². The van der Waals surface area contributed by atoms with Crippen LogP contribution in [0, 0.1) is 0 Å². The minimum Gasteiger partial charge on any atom is -0.439 e. The molecule has 0 aliphatic heterocycles. The molecule has 1 fully saturated rings. The number of aliphatic hydroxyl groups excluding tert-OH is 3. The predicted molar refractivity (Wildman–Crippen MR) is 630 cm³/mol. The van der Waals surface area contributed by atoms with E-state index < -0.39 is 70.4 Å². The van der Waals surface area contributed by atoms with Crippen LogP contribution in [0.5, 0.6) is 0 Å². The Hall–Kier alpha value is -7.38. The van der Waals surface area contributed by atoms with E-state index in [9.17, 15) is 15.3 Å². The van der Waals surface area contributed by atoms with E-state index in [1.54, 1.807) is 109 Å². The van der Waals surface area contributed by atoms with Crippen molar-refractivity contribution >= 4 is 35.3 Å². The fourth-order valence-electron chi connectivity index (χ4n) is 23.0. The highest BCUT2D eigenvalue weighted by Crippen LogP contribution is 2.57. The molecule has 0 bridgehead atoms. The van der Waals surface area contributed by atoms with Crippen molar-refractivity contribution in [1.82, 2.24) is 0 Å². The van der Waals surface area contributed by atoms with Crippen LogP contribution in [0.3, 0.4) is 0 Å². The van der Waals surface area contributed by atoms with E-state index in [4.69, 9.17) is 14.2 Å². The van der Waals surface area contributed by atoms with Gasteiger partial charge >= 0.3 is 17.9 Å². The van der Waals surface area contributed by atoms with Gasteiger partial charge in [-0.2, -0.15) is 0 Å². The first-order chi connectivity index (χ1) is 73.6. The Kier molecular flexibility index (Phi) is 70.9. The van der Waals surface area contributed by atoms with Crippen LogP contribution >= 0.6 is 0 Å². The molecular weight excluding hydrogens is 1850 g/mol. The highest BCUT2D eigenvalue weighted by Gasteiger charge is 2.88. The third-order valence-corrected chi connectivity index (χ3v) is 32.9. The number of esters is 3. The molecule has 7 rings (SSSR count). The lowest BCUT2D eigenvalue weighted by molar-refractivity contribution is -0.293. The second kappa shape index (κ2) is 82.2. The number of hydrogen-bond acceptors (Lipinski definition) is 12. The fourth-order valence-corrected chi connectivity index (χ4v) is 23.0. The summed E-state index contributed by atoms with van der Waals surface area (Å²) in [5.74, 6) is -8.19. The van der Waals surface area contributed by atoms with Gasteiger partial charge in [0.1, 0.15) is 18.3 Å². The summed E-state index contributed by atoms with van der Waals surface area (Å²) >= 11 is 0. The summed E-state index contributed by atoms with van der Waals surface area (Å²) in [6, 6.07) is 39.8. The third-order valence-electron chi connectivity index (χ3n) is 32.9. The molecule has 1 aliphatic carbocycles. The van der Waals surface area contributed by atoms with Gasteiger partial charge in [-0.15, -0.1) is 0 Å². The maximum atomic E-state index is 18.4. The number of aliphatic hydroxyl groups is 3. The summed E-state index contributed by atoms with van der Waals surface area (Å²) < 4.78 is 21.6. The number of hydrogen-bond donors (Lipinski definition) is 3. The number of ketones is 3. The van der Waals surface area contributed by atoms with Crippen molar-refractivity contribution in [3.63, 3.8) is 0 Å². The van der Waals surface area contributed by atoms with Crippen LogP contribution < -0.4 is 0 Å². The lowest BCUT2D eigenvalue weighted by atomic mass is 9.52. The standard InChI is InChI=1S/C138H216O12/c1-7-13-19-25-31-37-43-49-55-61-67-73-79-85-115-91-103-121(104-92-115)128(140)136(148-133(145)124-109-97-118(98-110-124)88-82-76-70-64-58-52-46-40-34-28-22-16-10-4)131(143)127(139)132(144)137(129(141)122-105-93-116(94-106-122)86-80-74-68-62-56-50-44-38-32-26-20-14-8-2,149-134(146)125-111-99-119(100-112-125)89-83-77-71-65-59-53-47-41-35-29-23-17-11-5)138(136,130(142)123-107-95-117(96-108-123)87-81-75-69-63-57-51-45-39-33-27-21-15-9-3)150-135(147)126-113-101-120(102-114-126)90-84-78-72-66-60-54-48-42-36-30-24-18-12-6/h91-114,127,131-132,139,143-144H,7-90H2,1-6H3/t127-,131-,132+,136+,137-,138-. The number of unbranched alkanes of at least 4 members (excludes halogenated alkanes) is 72. The number of benzene rings is 6. The van der Waals surface area contributed by atoms with Crippen LogP contribution in [-0.2, 0) is 52.7 Å². The molecule has 840 valence electrons. The molecule has 0 amide bonds. The summed E-state index contributed by atoms with van der Waals surface area (Å²) in [6.45, 7) is 13.5. The Bertz CT molecular complexity index is 4210. The average molecular weight is 2070 g/mol. The molecule has 150 heavy (non-hydrogen) atoms. The van der Waals surface area contributed by atoms with Gasteiger partial charge < -0.3 is 29.5 Å². The number of carbonyl (C=O) groups excluding carboxylic acids is 6. The summed E-state index contributed by atoms with van der Waals surface area (Å²) in [5.41, 5.74) is -7.88. The summed E-state index contributed by atoms with van der Waals surface area (Å²) in [5, 5.41) is 42.3. The van der Waals surface area contributed by atoms with Crippen molar-refractivity contribution in [2.45, 2.75) is 616 Å². The first kappa shape index (κ1) is 130. The van der Waals surface area contributed by atoms with Gasteiger partial charge in [0.2, 0.25) is 17.3 Å². The number of aryl methyl sites for hydroxylation is 6. The minimum absolute atomic E-state index is 0.159. The quantitative estimate of drug-likeness (QED) is 0.0142. The van der Waals surface area contributed by atoms with E-state index in [-0.39, 0.29) is 33.4 Å². The molecule has 6 atom stereocenters. The van der Waals surface area contributed by atoms with Gasteiger partial charge in [0.25, 0.3) is 16.8 Å². The fraction of sp³-hybridized carbons (Fsp3) is 0.696. The van der Waals surface area contributed by atoms with Crippen molar-refractivity contribution in [1.29, 1.82) is 0 Å². The Balaban J connectivity index is 1.40. The van der Waals surface area contributed by atoms with Gasteiger partial charge in [0.15, 0.2) is 0 Å². The zero-order chi connectivity index (χ0) is 107. The highest BCUT2D eigenvalue weighted by molar-refractivity contribution is 6.21. The van der Waals surface area contributed by atoms with Gasteiger partial charge in [-0.1, -0.05) is 613 Å². The van der Waals surface area contributed by atoms with Crippen LogP contribution in [0.1, 0.15) is 638 Å². The number of rotatable bonds is 96. The number of Topliss-reactive ketones (excluding diaryl/α,β-unsaturated/α-hetero) is 3. The van der Waals surface area contributed by atoms with Crippen LogP contribution in [0.25, 0.3) is 0 Å². The molecule has 0 radical (unpaired) electrons. The van der Waals surface area contributed by atoms with Gasteiger partial charge in [-0.05, 0) is 147 Å². The molecule has 12 nitrogen and oxygen atoms in total. The van der Waals surface area contributed by atoms with Crippen LogP contribution in [0.2, 0.25) is 0 Å². The molecule has 1 aliphatic rings. The van der Waals surface area contributed by atoms with Crippen LogP contribution in [0.4, 0.5) is 0 Å². The molecule has 0 unspecified atom stereocenters. The summed E-state index contributed by atoms with van der Waals surface area (Å²) in [7, 11) is 0. The first-order valence-corrected chi connectivity index (χ1v) is 63.5. The van der Waals surface area contributed by atoms with Crippen LogP contribution in [-0.4, -0.2) is 85.7 Å². The predicted octanol–water partition coefficient (Wildman–Crippen LogP) is 39.3. The Labute approximate surface area is 916 Å². The van der Waals surface area contributed by atoms with Gasteiger partial charge in [0.05, 0.1) is 16.7 Å². The molecule has 6 aromatic rings. The van der Waals surface area contributed by atoms with E-state index >= 15 is 28.8 Å². The van der Waals surface area contributed by atoms with Crippen molar-refractivity contribution in [3.05, 3.63) is 212 Å². The van der Waals surface area contributed by atoms with E-state index in [1.165, 1.54) is 383 Å². The molecule has 0 saturated heterocycles. The smallest absolute Gasteiger partial charge is 0.339 e. The maximum absolute atomic E-state index is 18.4. The highest BCUT2D eigenvalue weighted by atomic mass is 16.7. The molecule has 6 aromatic carbocycles. The largest absolute Gasteiger partial charge is 0.439 e. The molecule has 3 N–H and O–H groups in total. The van der Waals surface area contributed by atoms with E-state index in [0.29, 0.717) is 38.5 Å². The van der Waals surface area contributed by atoms with Gasteiger partial charge in [0, 0.05) is 16.7 Å². The zero-order valence-corrected chi connectivity index (χ0v) is 96.5. The van der Waals surface area contributed by atoms with Gasteiger partial charge in [-0.3, -0.25) is 14.4 Å². The van der Waals surface area contributed by atoms with Crippen molar-refractivity contribution in [2.75, 3.05) is 0 Å². The number of carbonyl (C=O) groups is 6. The Morgan fingerprint density at radius 2 is 0.300 bits per heavy atom. The molecule has 0 aromatic heterocycles. The molecule has 12 heteroatoms. The Morgan fingerprint density at radius 3 is 0.453 bits per heavy atom. The van der Waals surface area contributed by atoms with Crippen molar-refractivity contribution < 1.29 is 58.3 Å². The monoisotopic (exact) mass is 2070 g/mol. The Morgan fingerprint density at radius 1 is 0.173 bits per heavy atom. The van der Waals surface area contributed by atoms with Crippen molar-refractivity contribution in [3.8, 4) is 0 Å². The average Bonchev–Trinajstić information content (AvgIpc) is 0.655. The molecular formula is C138H216O12. The summed E-state index contributed by atoms with van der Waals surface area (Å²) in [4.78, 5) is 105. The third kappa shape index (κ3) is 48.5. The number of ether oxygens (including phenoxy) is 3. The molecule has 0 heterocycles. The normalized spacial score (nSPS) is 16.6.